The van der Waals surface area contributed by atoms with Gasteiger partial charge in [0.05, 0.1) is 24.3 Å². The highest BCUT2D eigenvalue weighted by Crippen LogP contribution is 2.26. The summed E-state index contributed by atoms with van der Waals surface area (Å²) in [6.45, 7) is 0.352. The lowest BCUT2D eigenvalue weighted by Crippen LogP contribution is -2.19. The molecule has 32 heavy (non-hydrogen) atoms. The minimum absolute atomic E-state index is 0.0245. The predicted molar refractivity (Wildman–Crippen MR) is 117 cm³/mol. The van der Waals surface area contributed by atoms with Gasteiger partial charge in [-0.05, 0) is 36.6 Å². The summed E-state index contributed by atoms with van der Waals surface area (Å²) in [6, 6.07) is 7.47. The fourth-order valence-corrected chi connectivity index (χ4v) is 3.57. The molecule has 10 nitrogen and oxygen atoms in total. The van der Waals surface area contributed by atoms with Crippen LogP contribution in [0.1, 0.15) is 36.0 Å². The molecule has 1 aliphatic heterocycles. The van der Waals surface area contributed by atoms with Gasteiger partial charge in [0.1, 0.15) is 0 Å². The molecule has 1 aromatic carbocycles. The second-order valence-corrected chi connectivity index (χ2v) is 8.03. The number of rotatable bonds is 6. The molecular formula is C21H17ClN8O2. The second kappa shape index (κ2) is 7.94. The number of carbonyl (C=O) groups excluding carboxylic acids is 2. The van der Waals surface area contributed by atoms with Gasteiger partial charge in [-0.15, -0.1) is 0 Å². The monoisotopic (exact) mass is 448 g/mol. The molecule has 0 spiro atoms. The number of halogens is 1. The number of hydrogen-bond acceptors (Lipinski definition) is 8. The van der Waals surface area contributed by atoms with Gasteiger partial charge in [-0.2, -0.15) is 24.8 Å². The zero-order valence-corrected chi connectivity index (χ0v) is 17.5. The van der Waals surface area contributed by atoms with Gasteiger partial charge in [-0.25, -0.2) is 0 Å². The first-order chi connectivity index (χ1) is 15.5. The quantitative estimate of drug-likeness (QED) is 0.385. The highest BCUT2D eigenvalue weighted by Gasteiger charge is 2.26. The van der Waals surface area contributed by atoms with E-state index in [-0.39, 0.29) is 12.3 Å². The molecule has 160 valence electrons. The Balaban J connectivity index is 1.48. The van der Waals surface area contributed by atoms with Crippen LogP contribution in [-0.2, 0) is 16.1 Å². The molecule has 0 atom stereocenters. The number of aromatic nitrogens is 4. The lowest BCUT2D eigenvalue weighted by atomic mass is 10.1. The third kappa shape index (κ3) is 3.98. The van der Waals surface area contributed by atoms with Crippen LogP contribution in [0, 0.1) is 11.3 Å². The average molecular weight is 449 g/mol. The zero-order valence-electron chi connectivity index (χ0n) is 16.7. The van der Waals surface area contributed by atoms with Crippen LogP contribution < -0.4 is 16.0 Å². The smallest absolute Gasteiger partial charge is 0.254 e. The normalized spacial score (nSPS) is 16.9. The summed E-state index contributed by atoms with van der Waals surface area (Å²) in [5.41, 5.74) is 2.74. The van der Waals surface area contributed by atoms with E-state index >= 15 is 0 Å². The zero-order chi connectivity index (χ0) is 22.2. The summed E-state index contributed by atoms with van der Waals surface area (Å²) in [4.78, 5) is 32.6. The number of nitriles is 1. The van der Waals surface area contributed by atoms with Gasteiger partial charge in [-0.1, -0.05) is 17.7 Å². The molecule has 2 aliphatic rings. The number of amides is 2. The van der Waals surface area contributed by atoms with Crippen molar-refractivity contribution < 1.29 is 9.59 Å². The molecule has 1 saturated carbocycles. The Labute approximate surface area is 187 Å². The Morgan fingerprint density at radius 3 is 2.84 bits per heavy atom. The first-order valence-corrected chi connectivity index (χ1v) is 10.4. The number of imide groups is 1. The van der Waals surface area contributed by atoms with Gasteiger partial charge < -0.3 is 10.6 Å². The van der Waals surface area contributed by atoms with Gasteiger partial charge in [0.2, 0.25) is 17.8 Å². The summed E-state index contributed by atoms with van der Waals surface area (Å²) < 4.78 is 1.58. The molecule has 2 amide bonds. The molecule has 2 fully saturated rings. The Kier molecular flexibility index (Phi) is 4.95. The summed E-state index contributed by atoms with van der Waals surface area (Å²) >= 11 is 6.27. The van der Waals surface area contributed by atoms with Crippen molar-refractivity contribution in [2.75, 3.05) is 10.6 Å². The molecule has 1 saturated heterocycles. The van der Waals surface area contributed by atoms with Crippen molar-refractivity contribution in [3.63, 3.8) is 0 Å². The molecule has 11 heteroatoms. The van der Waals surface area contributed by atoms with E-state index in [9.17, 15) is 9.59 Å². The first-order valence-electron chi connectivity index (χ1n) is 9.99. The Hall–Kier alpha value is -3.97. The number of anilines is 2. The number of benzene rings is 1. The van der Waals surface area contributed by atoms with Crippen molar-refractivity contribution in [3.8, 4) is 6.07 Å². The Bertz CT molecular complexity index is 1340. The van der Waals surface area contributed by atoms with E-state index in [4.69, 9.17) is 16.9 Å². The van der Waals surface area contributed by atoms with Gasteiger partial charge >= 0.3 is 0 Å². The fourth-order valence-electron chi connectivity index (χ4n) is 3.32. The molecule has 1 aliphatic carbocycles. The first kappa shape index (κ1) is 20.0. The van der Waals surface area contributed by atoms with Crippen LogP contribution in [0.2, 0.25) is 5.02 Å². The van der Waals surface area contributed by atoms with Crippen molar-refractivity contribution in [1.82, 2.24) is 24.9 Å². The van der Waals surface area contributed by atoms with Crippen molar-refractivity contribution in [2.24, 2.45) is 0 Å². The molecule has 3 aromatic rings. The van der Waals surface area contributed by atoms with E-state index in [1.54, 1.807) is 35.0 Å². The molecule has 0 radical (unpaired) electrons. The molecule has 3 N–H and O–H groups in total. The van der Waals surface area contributed by atoms with E-state index in [2.05, 4.69) is 37.1 Å². The minimum Gasteiger partial charge on any atom is -0.351 e. The van der Waals surface area contributed by atoms with Gasteiger partial charge in [0.25, 0.3) is 5.91 Å². The summed E-state index contributed by atoms with van der Waals surface area (Å²) in [7, 11) is 0. The van der Waals surface area contributed by atoms with Crippen LogP contribution in [0.3, 0.4) is 0 Å². The van der Waals surface area contributed by atoms with E-state index in [1.807, 2.05) is 0 Å². The number of nitrogens with one attached hydrogen (secondary N) is 3. The lowest BCUT2D eigenvalue weighted by Gasteiger charge is -2.11. The topological polar surface area (TPSA) is 137 Å². The third-order valence-electron chi connectivity index (χ3n) is 5.15. The van der Waals surface area contributed by atoms with Crippen LogP contribution in [0.5, 0.6) is 0 Å². The van der Waals surface area contributed by atoms with Crippen LogP contribution in [0.25, 0.3) is 11.7 Å². The third-order valence-corrected chi connectivity index (χ3v) is 5.50. The predicted octanol–water partition coefficient (Wildman–Crippen LogP) is 2.27. The molecule has 5 rings (SSSR count). The number of carbonyl (C=O) groups is 2. The van der Waals surface area contributed by atoms with Gasteiger partial charge in [0.15, 0.2) is 5.65 Å². The maximum absolute atomic E-state index is 12.0. The van der Waals surface area contributed by atoms with Crippen molar-refractivity contribution in [1.29, 1.82) is 5.26 Å². The van der Waals surface area contributed by atoms with E-state index in [0.717, 1.165) is 18.4 Å². The SMILES string of the molecule is N#Cc1ccc(CNc2nc(NC3CC3)n3ncc(/C=C4\CC(=O)NC4=O)c3n2)c(Cl)c1. The van der Waals surface area contributed by atoms with Crippen molar-refractivity contribution in [3.05, 3.63) is 51.7 Å². The second-order valence-electron chi connectivity index (χ2n) is 7.62. The molecular weight excluding hydrogens is 432 g/mol. The maximum atomic E-state index is 12.0. The summed E-state index contributed by atoms with van der Waals surface area (Å²) in [6.07, 6.45) is 5.34. The van der Waals surface area contributed by atoms with Crippen molar-refractivity contribution in [2.45, 2.75) is 31.8 Å². The number of hydrogen-bond donors (Lipinski definition) is 3. The Morgan fingerprint density at radius 2 is 2.16 bits per heavy atom. The average Bonchev–Trinajstić information content (AvgIpc) is 3.41. The Morgan fingerprint density at radius 1 is 1.31 bits per heavy atom. The molecule has 0 bridgehead atoms. The van der Waals surface area contributed by atoms with Gasteiger partial charge in [0, 0.05) is 28.7 Å². The molecule has 0 unspecified atom stereocenters. The lowest BCUT2D eigenvalue weighted by molar-refractivity contribution is -0.124. The standard InChI is InChI=1S/C21H17ClN8O2/c22-16-5-11(8-23)1-2-12(16)9-24-20-28-18-14(6-13-7-17(31)27-19(13)32)10-25-30(18)21(29-20)26-15-3-4-15/h1-2,5-6,10,15H,3-4,7,9H2,(H,27,31,32)(H2,24,26,28,29)/b13-6+. The van der Waals surface area contributed by atoms with Crippen LogP contribution in [0.15, 0.2) is 30.0 Å². The van der Waals surface area contributed by atoms with E-state index in [0.29, 0.717) is 51.9 Å². The van der Waals surface area contributed by atoms with Crippen LogP contribution in [-0.4, -0.2) is 37.4 Å². The van der Waals surface area contributed by atoms with E-state index in [1.165, 1.54) is 0 Å². The summed E-state index contributed by atoms with van der Waals surface area (Å²) in [5, 5.41) is 22.6. The van der Waals surface area contributed by atoms with E-state index < -0.39 is 5.91 Å². The van der Waals surface area contributed by atoms with Crippen molar-refractivity contribution >= 4 is 47.0 Å². The highest BCUT2D eigenvalue weighted by molar-refractivity contribution is 6.31. The molecule has 2 aromatic heterocycles. The highest BCUT2D eigenvalue weighted by atomic mass is 35.5. The van der Waals surface area contributed by atoms with Crippen LogP contribution in [0.4, 0.5) is 11.9 Å². The largest absolute Gasteiger partial charge is 0.351 e. The summed E-state index contributed by atoms with van der Waals surface area (Å²) in [5.74, 6) is 0.148. The fraction of sp³-hybridized carbons (Fsp3) is 0.238. The van der Waals surface area contributed by atoms with Crippen LogP contribution >= 0.6 is 11.6 Å². The van der Waals surface area contributed by atoms with Gasteiger partial charge in [-0.3, -0.25) is 14.9 Å². The number of nitrogens with zero attached hydrogens (tertiary/aromatic N) is 5. The number of fused-ring (bicyclic) bond motifs is 1. The maximum Gasteiger partial charge on any atom is 0.254 e. The molecule has 3 heterocycles. The minimum atomic E-state index is -0.409.